The van der Waals surface area contributed by atoms with Crippen molar-refractivity contribution in [2.75, 3.05) is 26.7 Å². The number of likely N-dealkylation sites (N-methyl/N-ethyl adjacent to an activating group) is 1. The van der Waals surface area contributed by atoms with Gasteiger partial charge in [-0.1, -0.05) is 13.8 Å². The highest BCUT2D eigenvalue weighted by Crippen LogP contribution is 2.08. The van der Waals surface area contributed by atoms with Gasteiger partial charge in [-0.05, 0) is 18.9 Å². The van der Waals surface area contributed by atoms with E-state index in [4.69, 9.17) is 4.74 Å². The minimum Gasteiger partial charge on any atom is -0.449 e. The molecule has 0 saturated carbocycles. The largest absolute Gasteiger partial charge is 0.449 e. The van der Waals surface area contributed by atoms with Gasteiger partial charge in [-0.3, -0.25) is 0 Å². The fraction of sp³-hybridized carbons (Fsp3) is 0.900. The molecule has 1 heterocycles. The van der Waals surface area contributed by atoms with Crippen molar-refractivity contribution in [1.82, 2.24) is 10.2 Å². The highest BCUT2D eigenvalue weighted by Gasteiger charge is 2.23. The highest BCUT2D eigenvalue weighted by atomic mass is 16.6. The van der Waals surface area contributed by atoms with Gasteiger partial charge in [0.2, 0.25) is 0 Å². The Kier molecular flexibility index (Phi) is 4.20. The molecule has 82 valence electrons. The fourth-order valence-corrected chi connectivity index (χ4v) is 1.46. The average molecular weight is 200 g/mol. The van der Waals surface area contributed by atoms with Crippen LogP contribution >= 0.6 is 0 Å². The molecular weight excluding hydrogens is 180 g/mol. The molecule has 0 aromatic rings. The highest BCUT2D eigenvalue weighted by molar-refractivity contribution is 5.67. The molecule has 1 N–H and O–H groups in total. The first kappa shape index (κ1) is 11.3. The van der Waals surface area contributed by atoms with Gasteiger partial charge in [0.05, 0.1) is 6.61 Å². The van der Waals surface area contributed by atoms with Crippen molar-refractivity contribution < 1.29 is 9.53 Å². The molecular formula is C10H20N2O2. The number of hydrogen-bond acceptors (Lipinski definition) is 3. The van der Waals surface area contributed by atoms with Crippen LogP contribution in [0.4, 0.5) is 4.79 Å². The lowest BCUT2D eigenvalue weighted by Gasteiger charge is -2.23. The predicted molar refractivity (Wildman–Crippen MR) is 55.2 cm³/mol. The summed E-state index contributed by atoms with van der Waals surface area (Å²) in [6.07, 6.45) is 0.820. The molecule has 1 rings (SSSR count). The Hall–Kier alpha value is -0.770. The van der Waals surface area contributed by atoms with Crippen LogP contribution in [-0.2, 0) is 4.74 Å². The van der Waals surface area contributed by atoms with Gasteiger partial charge >= 0.3 is 6.09 Å². The Bertz CT molecular complexity index is 189. The maximum Gasteiger partial charge on any atom is 0.409 e. The van der Waals surface area contributed by atoms with Crippen LogP contribution in [0, 0.1) is 5.92 Å². The van der Waals surface area contributed by atoms with E-state index in [1.54, 1.807) is 11.9 Å². The number of carbonyl (C=O) groups is 1. The lowest BCUT2D eigenvalue weighted by Crippen LogP contribution is -2.39. The van der Waals surface area contributed by atoms with Crippen molar-refractivity contribution in [3.8, 4) is 0 Å². The minimum absolute atomic E-state index is 0.201. The van der Waals surface area contributed by atoms with E-state index in [0.717, 1.165) is 19.5 Å². The number of rotatable bonds is 3. The number of ether oxygens (including phenoxy) is 1. The summed E-state index contributed by atoms with van der Waals surface area (Å²) in [6.45, 7) is 6.44. The Labute approximate surface area is 85.6 Å². The van der Waals surface area contributed by atoms with E-state index in [-0.39, 0.29) is 6.09 Å². The van der Waals surface area contributed by atoms with E-state index in [0.29, 0.717) is 18.6 Å². The molecule has 4 heteroatoms. The third-order valence-electron chi connectivity index (χ3n) is 2.41. The summed E-state index contributed by atoms with van der Waals surface area (Å²) in [5, 5.41) is 3.22. The summed E-state index contributed by atoms with van der Waals surface area (Å²) in [5.41, 5.74) is 0. The summed E-state index contributed by atoms with van der Waals surface area (Å²) in [7, 11) is 1.81. The number of hydrogen-bond donors (Lipinski definition) is 1. The van der Waals surface area contributed by atoms with Crippen molar-refractivity contribution in [2.24, 2.45) is 5.92 Å². The molecule has 0 radical (unpaired) electrons. The van der Waals surface area contributed by atoms with Gasteiger partial charge in [0.15, 0.2) is 0 Å². The first-order valence-corrected chi connectivity index (χ1v) is 5.21. The number of carbonyl (C=O) groups excluding carboxylic acids is 1. The lowest BCUT2D eigenvalue weighted by molar-refractivity contribution is 0.0896. The van der Waals surface area contributed by atoms with Crippen molar-refractivity contribution in [2.45, 2.75) is 26.3 Å². The summed E-state index contributed by atoms with van der Waals surface area (Å²) in [4.78, 5) is 13.2. The van der Waals surface area contributed by atoms with Gasteiger partial charge in [0, 0.05) is 19.6 Å². The van der Waals surface area contributed by atoms with Crippen LogP contribution < -0.4 is 5.32 Å². The Morgan fingerprint density at radius 2 is 2.36 bits per heavy atom. The van der Waals surface area contributed by atoms with Crippen LogP contribution in [0.25, 0.3) is 0 Å². The Morgan fingerprint density at radius 3 is 2.86 bits per heavy atom. The fourth-order valence-electron chi connectivity index (χ4n) is 1.46. The summed E-state index contributed by atoms with van der Waals surface area (Å²) in [5.74, 6) is 0.397. The Morgan fingerprint density at radius 1 is 1.64 bits per heavy atom. The molecule has 1 amide bonds. The van der Waals surface area contributed by atoms with Gasteiger partial charge in [0.25, 0.3) is 0 Å². The standard InChI is InChI=1S/C10H20N2O2/c1-8(2)7-14-10(13)12(3)9-4-5-11-6-9/h8-9,11H,4-7H2,1-3H3. The molecule has 1 saturated heterocycles. The summed E-state index contributed by atoms with van der Waals surface area (Å²) < 4.78 is 5.14. The van der Waals surface area contributed by atoms with Crippen LogP contribution in [0.3, 0.4) is 0 Å². The first-order chi connectivity index (χ1) is 6.61. The Balaban J connectivity index is 2.28. The molecule has 14 heavy (non-hydrogen) atoms. The van der Waals surface area contributed by atoms with Gasteiger partial charge in [-0.2, -0.15) is 0 Å². The molecule has 1 atom stereocenters. The second-order valence-electron chi connectivity index (χ2n) is 4.23. The van der Waals surface area contributed by atoms with E-state index in [9.17, 15) is 4.79 Å². The van der Waals surface area contributed by atoms with Gasteiger partial charge in [-0.25, -0.2) is 4.79 Å². The molecule has 4 nitrogen and oxygen atoms in total. The summed E-state index contributed by atoms with van der Waals surface area (Å²) >= 11 is 0. The average Bonchev–Trinajstić information content (AvgIpc) is 2.65. The van der Waals surface area contributed by atoms with E-state index in [1.807, 2.05) is 13.8 Å². The molecule has 1 fully saturated rings. The predicted octanol–water partition coefficient (Wildman–Crippen LogP) is 1.07. The van der Waals surface area contributed by atoms with Crippen molar-refractivity contribution in [3.63, 3.8) is 0 Å². The number of nitrogens with one attached hydrogen (secondary N) is 1. The lowest BCUT2D eigenvalue weighted by atomic mass is 10.2. The van der Waals surface area contributed by atoms with Gasteiger partial charge in [-0.15, -0.1) is 0 Å². The SMILES string of the molecule is CC(C)COC(=O)N(C)C1CCNC1. The zero-order valence-electron chi connectivity index (χ0n) is 9.25. The molecule has 1 aliphatic heterocycles. The van der Waals surface area contributed by atoms with Crippen LogP contribution in [-0.4, -0.2) is 43.8 Å². The molecule has 0 aliphatic carbocycles. The van der Waals surface area contributed by atoms with Crippen LogP contribution in [0.2, 0.25) is 0 Å². The molecule has 1 aliphatic rings. The third-order valence-corrected chi connectivity index (χ3v) is 2.41. The minimum atomic E-state index is -0.201. The maximum atomic E-state index is 11.5. The molecule has 0 spiro atoms. The maximum absolute atomic E-state index is 11.5. The smallest absolute Gasteiger partial charge is 0.409 e. The van der Waals surface area contributed by atoms with Gasteiger partial charge < -0.3 is 15.0 Å². The molecule has 0 aromatic heterocycles. The van der Waals surface area contributed by atoms with E-state index < -0.39 is 0 Å². The second kappa shape index (κ2) is 5.20. The summed E-state index contributed by atoms with van der Waals surface area (Å²) in [6, 6.07) is 0.301. The van der Waals surface area contributed by atoms with Crippen LogP contribution in [0.5, 0.6) is 0 Å². The zero-order chi connectivity index (χ0) is 10.6. The van der Waals surface area contributed by atoms with E-state index in [2.05, 4.69) is 5.32 Å². The zero-order valence-corrected chi connectivity index (χ0v) is 9.25. The van der Waals surface area contributed by atoms with Crippen molar-refractivity contribution in [1.29, 1.82) is 0 Å². The van der Waals surface area contributed by atoms with E-state index in [1.165, 1.54) is 0 Å². The topological polar surface area (TPSA) is 41.6 Å². The number of nitrogens with zero attached hydrogens (tertiary/aromatic N) is 1. The van der Waals surface area contributed by atoms with Gasteiger partial charge in [0.1, 0.15) is 0 Å². The first-order valence-electron chi connectivity index (χ1n) is 5.21. The van der Waals surface area contributed by atoms with Crippen molar-refractivity contribution in [3.05, 3.63) is 0 Å². The third kappa shape index (κ3) is 3.18. The van der Waals surface area contributed by atoms with Crippen LogP contribution in [0.1, 0.15) is 20.3 Å². The van der Waals surface area contributed by atoms with Crippen molar-refractivity contribution >= 4 is 6.09 Å². The van der Waals surface area contributed by atoms with Crippen LogP contribution in [0.15, 0.2) is 0 Å². The number of amides is 1. The molecule has 1 unspecified atom stereocenters. The van der Waals surface area contributed by atoms with E-state index >= 15 is 0 Å². The normalized spacial score (nSPS) is 21.3. The quantitative estimate of drug-likeness (QED) is 0.741. The monoisotopic (exact) mass is 200 g/mol. The molecule has 0 bridgehead atoms. The second-order valence-corrected chi connectivity index (χ2v) is 4.23. The molecule has 0 aromatic carbocycles.